The molecule has 21 heavy (non-hydrogen) atoms. The second kappa shape index (κ2) is 6.28. The molecule has 5 heteroatoms. The first-order valence-electron chi connectivity index (χ1n) is 7.86. The van der Waals surface area contributed by atoms with Crippen LogP contribution in [-0.2, 0) is 4.74 Å². The van der Waals surface area contributed by atoms with Crippen LogP contribution >= 0.6 is 11.3 Å². The van der Waals surface area contributed by atoms with Crippen LogP contribution in [0, 0.1) is 12.8 Å². The van der Waals surface area contributed by atoms with Crippen molar-refractivity contribution in [1.82, 2.24) is 9.97 Å². The van der Waals surface area contributed by atoms with E-state index in [4.69, 9.17) is 14.7 Å². The molecule has 114 valence electrons. The molecule has 2 aromatic heterocycles. The van der Waals surface area contributed by atoms with E-state index in [0.717, 1.165) is 34.8 Å². The van der Waals surface area contributed by atoms with E-state index in [1.807, 2.05) is 6.92 Å². The lowest BCUT2D eigenvalue weighted by atomic mass is 10.2. The third-order valence-electron chi connectivity index (χ3n) is 3.73. The van der Waals surface area contributed by atoms with Crippen molar-refractivity contribution in [2.24, 2.45) is 5.92 Å². The van der Waals surface area contributed by atoms with Crippen LogP contribution in [0.25, 0.3) is 10.2 Å². The summed E-state index contributed by atoms with van der Waals surface area (Å²) in [6.45, 7) is 7.97. The fraction of sp³-hybridized carbons (Fsp3) is 0.625. The average molecular weight is 305 g/mol. The zero-order chi connectivity index (χ0) is 14.8. The van der Waals surface area contributed by atoms with Gasteiger partial charge in [-0.15, -0.1) is 11.3 Å². The minimum Gasteiger partial charge on any atom is -0.370 e. The lowest BCUT2D eigenvalue weighted by Gasteiger charge is -2.16. The van der Waals surface area contributed by atoms with E-state index in [1.54, 1.807) is 11.3 Å². The van der Waals surface area contributed by atoms with Crippen LogP contribution < -0.4 is 5.32 Å². The highest BCUT2D eigenvalue weighted by atomic mass is 32.1. The maximum atomic E-state index is 5.92. The molecular formula is C16H23N3OS. The van der Waals surface area contributed by atoms with Crippen molar-refractivity contribution in [2.45, 2.75) is 46.1 Å². The maximum absolute atomic E-state index is 5.92. The number of hydrogen-bond acceptors (Lipinski definition) is 5. The van der Waals surface area contributed by atoms with Gasteiger partial charge in [0.1, 0.15) is 16.8 Å². The Labute approximate surface area is 129 Å². The summed E-state index contributed by atoms with van der Waals surface area (Å²) in [7, 11) is 0. The van der Waals surface area contributed by atoms with E-state index in [1.165, 1.54) is 17.7 Å². The van der Waals surface area contributed by atoms with Crippen molar-refractivity contribution < 1.29 is 4.74 Å². The fourth-order valence-electron chi connectivity index (χ4n) is 2.56. The summed E-state index contributed by atoms with van der Waals surface area (Å²) in [5.74, 6) is 2.42. The summed E-state index contributed by atoms with van der Waals surface area (Å²) in [4.78, 5) is 11.9. The third kappa shape index (κ3) is 3.19. The number of thiophene rings is 1. The fourth-order valence-corrected chi connectivity index (χ4v) is 3.45. The molecule has 0 radical (unpaired) electrons. The third-order valence-corrected chi connectivity index (χ3v) is 4.67. The number of ether oxygens (including phenoxy) is 1. The van der Waals surface area contributed by atoms with Gasteiger partial charge in [0.2, 0.25) is 0 Å². The van der Waals surface area contributed by atoms with E-state index in [0.29, 0.717) is 12.5 Å². The predicted octanol–water partition coefficient (Wildman–Crippen LogP) is 4.31. The van der Waals surface area contributed by atoms with E-state index in [-0.39, 0.29) is 6.10 Å². The molecule has 0 bridgehead atoms. The number of aromatic nitrogens is 2. The minimum atomic E-state index is 0.0592. The molecule has 1 fully saturated rings. The number of hydrogen-bond donors (Lipinski definition) is 1. The van der Waals surface area contributed by atoms with Gasteiger partial charge < -0.3 is 10.1 Å². The molecule has 0 saturated heterocycles. The molecule has 2 heterocycles. The molecule has 0 aromatic carbocycles. The Morgan fingerprint density at radius 2 is 2.19 bits per heavy atom. The van der Waals surface area contributed by atoms with E-state index < -0.39 is 0 Å². The van der Waals surface area contributed by atoms with Gasteiger partial charge in [-0.25, -0.2) is 9.97 Å². The Balaban J connectivity index is 2.01. The molecule has 1 atom stereocenters. The second-order valence-corrected chi connectivity index (χ2v) is 6.88. The lowest BCUT2D eigenvalue weighted by molar-refractivity contribution is 0.0404. The van der Waals surface area contributed by atoms with Crippen molar-refractivity contribution >= 4 is 27.4 Å². The molecule has 1 unspecified atom stereocenters. The van der Waals surface area contributed by atoms with E-state index >= 15 is 0 Å². The molecule has 3 rings (SSSR count). The van der Waals surface area contributed by atoms with Crippen LogP contribution in [0.3, 0.4) is 0 Å². The minimum absolute atomic E-state index is 0.0592. The molecule has 1 N–H and O–H groups in total. The Morgan fingerprint density at radius 3 is 2.86 bits per heavy atom. The normalized spacial score (nSPS) is 16.3. The monoisotopic (exact) mass is 305 g/mol. The zero-order valence-corrected chi connectivity index (χ0v) is 13.8. The van der Waals surface area contributed by atoms with Crippen molar-refractivity contribution in [3.8, 4) is 0 Å². The first kappa shape index (κ1) is 14.7. The summed E-state index contributed by atoms with van der Waals surface area (Å²) < 4.78 is 5.92. The van der Waals surface area contributed by atoms with Crippen LogP contribution in [0.15, 0.2) is 6.07 Å². The molecule has 0 spiro atoms. The molecule has 0 amide bonds. The van der Waals surface area contributed by atoms with Gasteiger partial charge in [0, 0.05) is 18.0 Å². The molecule has 2 aromatic rings. The molecule has 4 nitrogen and oxygen atoms in total. The van der Waals surface area contributed by atoms with Gasteiger partial charge in [-0.2, -0.15) is 0 Å². The van der Waals surface area contributed by atoms with E-state index in [2.05, 4.69) is 25.2 Å². The lowest BCUT2D eigenvalue weighted by Crippen LogP contribution is -2.13. The van der Waals surface area contributed by atoms with Gasteiger partial charge >= 0.3 is 0 Å². The Morgan fingerprint density at radius 1 is 1.38 bits per heavy atom. The molecule has 1 aliphatic carbocycles. The number of fused-ring (bicyclic) bond motifs is 1. The van der Waals surface area contributed by atoms with Gasteiger partial charge in [0.25, 0.3) is 0 Å². The quantitative estimate of drug-likeness (QED) is 0.828. The number of nitrogens with one attached hydrogen (secondary N) is 1. The van der Waals surface area contributed by atoms with Crippen LogP contribution in [-0.4, -0.2) is 23.1 Å². The Bertz CT molecular complexity index is 621. The SMILES string of the molecule is CCCNc1nc(C(OCC)C2CC2)nc2sc(C)cc12. The average Bonchev–Trinajstić information content (AvgIpc) is 3.23. The Kier molecular flexibility index (Phi) is 4.40. The highest BCUT2D eigenvalue weighted by molar-refractivity contribution is 7.18. The van der Waals surface area contributed by atoms with Crippen molar-refractivity contribution in [2.75, 3.05) is 18.5 Å². The van der Waals surface area contributed by atoms with Gasteiger partial charge in [0.05, 0.1) is 5.39 Å². The second-order valence-electron chi connectivity index (χ2n) is 5.65. The maximum Gasteiger partial charge on any atom is 0.161 e. The smallest absolute Gasteiger partial charge is 0.161 e. The van der Waals surface area contributed by atoms with Crippen molar-refractivity contribution in [3.63, 3.8) is 0 Å². The number of nitrogens with zero attached hydrogens (tertiary/aromatic N) is 2. The first-order chi connectivity index (χ1) is 10.2. The van der Waals surface area contributed by atoms with Crippen LogP contribution in [0.5, 0.6) is 0 Å². The van der Waals surface area contributed by atoms with Gasteiger partial charge in [-0.1, -0.05) is 6.92 Å². The standard InChI is InChI=1S/C16H23N3OS/c1-4-8-17-14-12-9-10(3)21-16(12)19-15(18-14)13(20-5-2)11-6-7-11/h9,11,13H,4-8H2,1-3H3,(H,17,18,19). The van der Waals surface area contributed by atoms with Crippen LogP contribution in [0.1, 0.15) is 49.9 Å². The number of anilines is 1. The summed E-state index contributed by atoms with van der Waals surface area (Å²) in [6, 6.07) is 2.18. The number of rotatable bonds is 7. The van der Waals surface area contributed by atoms with E-state index in [9.17, 15) is 0 Å². The highest BCUT2D eigenvalue weighted by Gasteiger charge is 2.35. The molecular weight excluding hydrogens is 282 g/mol. The van der Waals surface area contributed by atoms with Crippen LogP contribution in [0.4, 0.5) is 5.82 Å². The Hall–Kier alpha value is -1.20. The van der Waals surface area contributed by atoms with Gasteiger partial charge in [-0.3, -0.25) is 0 Å². The first-order valence-corrected chi connectivity index (χ1v) is 8.68. The molecule has 1 saturated carbocycles. The topological polar surface area (TPSA) is 47.0 Å². The summed E-state index contributed by atoms with van der Waals surface area (Å²) in [5.41, 5.74) is 0. The largest absolute Gasteiger partial charge is 0.370 e. The van der Waals surface area contributed by atoms with Gasteiger partial charge in [0.15, 0.2) is 5.82 Å². The van der Waals surface area contributed by atoms with Crippen molar-refractivity contribution in [1.29, 1.82) is 0 Å². The number of aryl methyl sites for hydroxylation is 1. The van der Waals surface area contributed by atoms with Crippen molar-refractivity contribution in [3.05, 3.63) is 16.8 Å². The zero-order valence-electron chi connectivity index (χ0n) is 13.0. The van der Waals surface area contributed by atoms with Gasteiger partial charge in [-0.05, 0) is 45.1 Å². The van der Waals surface area contributed by atoms with Crippen LogP contribution in [0.2, 0.25) is 0 Å². The molecule has 0 aliphatic heterocycles. The summed E-state index contributed by atoms with van der Waals surface area (Å²) >= 11 is 1.73. The predicted molar refractivity (Wildman–Crippen MR) is 88.0 cm³/mol. The summed E-state index contributed by atoms with van der Waals surface area (Å²) in [5, 5.41) is 4.59. The highest BCUT2D eigenvalue weighted by Crippen LogP contribution is 2.43. The molecule has 1 aliphatic rings. The summed E-state index contributed by atoms with van der Waals surface area (Å²) in [6.07, 6.45) is 3.60.